The van der Waals surface area contributed by atoms with Gasteiger partial charge in [-0.1, -0.05) is 12.1 Å². The van der Waals surface area contributed by atoms with Crippen molar-refractivity contribution in [3.8, 4) is 11.5 Å². The molecule has 2 fully saturated rings. The van der Waals surface area contributed by atoms with Crippen molar-refractivity contribution in [2.45, 2.75) is 64.6 Å². The van der Waals surface area contributed by atoms with Gasteiger partial charge in [0, 0.05) is 42.7 Å². The molecule has 0 atom stereocenters. The van der Waals surface area contributed by atoms with Crippen LogP contribution >= 0.6 is 0 Å². The second kappa shape index (κ2) is 9.96. The summed E-state index contributed by atoms with van der Waals surface area (Å²) in [6, 6.07) is 15.8. The maximum absolute atomic E-state index is 13.0. The number of morpholine rings is 1. The van der Waals surface area contributed by atoms with Crippen molar-refractivity contribution in [3.63, 3.8) is 0 Å². The van der Waals surface area contributed by atoms with E-state index >= 15 is 0 Å². The van der Waals surface area contributed by atoms with E-state index in [-0.39, 0.29) is 16.9 Å². The van der Waals surface area contributed by atoms with Crippen LogP contribution in [0.1, 0.15) is 62.9 Å². The minimum atomic E-state index is 0.0563. The van der Waals surface area contributed by atoms with E-state index in [1.165, 1.54) is 5.56 Å². The minimum absolute atomic E-state index is 0.0563. The average Bonchev–Trinajstić information content (AvgIpc) is 2.73. The highest BCUT2D eigenvalue weighted by molar-refractivity contribution is 5.96. The number of rotatable bonds is 7. The van der Waals surface area contributed by atoms with Gasteiger partial charge >= 0.3 is 0 Å². The van der Waals surface area contributed by atoms with Gasteiger partial charge in [-0.3, -0.25) is 9.69 Å². The molecule has 0 amide bonds. The quantitative estimate of drug-likeness (QED) is 0.569. The van der Waals surface area contributed by atoms with Gasteiger partial charge in [-0.05, 0) is 88.4 Å². The van der Waals surface area contributed by atoms with E-state index in [9.17, 15) is 4.79 Å². The molecule has 4 rings (SSSR count). The Morgan fingerprint density at radius 3 is 2.33 bits per heavy atom. The Hall–Kier alpha value is -2.21. The largest absolute Gasteiger partial charge is 0.457 e. The van der Waals surface area contributed by atoms with Crippen LogP contribution in [-0.4, -0.2) is 48.1 Å². The molecule has 2 aliphatic rings. The summed E-state index contributed by atoms with van der Waals surface area (Å²) in [4.78, 5) is 15.4. The van der Waals surface area contributed by atoms with Crippen molar-refractivity contribution < 1.29 is 14.3 Å². The minimum Gasteiger partial charge on any atom is -0.457 e. The summed E-state index contributed by atoms with van der Waals surface area (Å²) in [7, 11) is 0. The number of hydrogen-bond donors (Lipinski definition) is 1. The molecule has 0 unspecified atom stereocenters. The molecule has 0 spiro atoms. The summed E-state index contributed by atoms with van der Waals surface area (Å²) >= 11 is 0. The van der Waals surface area contributed by atoms with Gasteiger partial charge in [-0.25, -0.2) is 0 Å². The number of carbonyl (C=O) groups excluding carboxylic acids is 1. The van der Waals surface area contributed by atoms with Crippen LogP contribution < -0.4 is 10.1 Å². The number of Topliss-reactive ketones (excluding diaryl/α,β-unsaturated/α-hetero) is 1. The smallest absolute Gasteiger partial charge is 0.163 e. The lowest BCUT2D eigenvalue weighted by atomic mass is 9.74. The molecule has 2 aromatic carbocycles. The molecule has 0 aliphatic carbocycles. The van der Waals surface area contributed by atoms with Crippen LogP contribution in [0.3, 0.4) is 0 Å². The van der Waals surface area contributed by atoms with Crippen molar-refractivity contribution in [1.29, 1.82) is 0 Å². The van der Waals surface area contributed by atoms with Crippen molar-refractivity contribution in [2.75, 3.05) is 26.3 Å². The van der Waals surface area contributed by atoms with Crippen LogP contribution in [0, 0.1) is 5.92 Å². The maximum atomic E-state index is 13.0. The number of benzene rings is 2. The Labute approximate surface area is 198 Å². The molecule has 0 aromatic heterocycles. The number of hydrogen-bond acceptors (Lipinski definition) is 5. The lowest BCUT2D eigenvalue weighted by Crippen LogP contribution is -2.57. The molecule has 0 saturated carbocycles. The van der Waals surface area contributed by atoms with Gasteiger partial charge in [0.15, 0.2) is 5.78 Å². The van der Waals surface area contributed by atoms with E-state index < -0.39 is 0 Å². The normalized spacial score (nSPS) is 21.0. The molecule has 0 bridgehead atoms. The molecule has 2 aliphatic heterocycles. The monoisotopic (exact) mass is 450 g/mol. The van der Waals surface area contributed by atoms with Crippen molar-refractivity contribution in [2.24, 2.45) is 5.92 Å². The lowest BCUT2D eigenvalue weighted by molar-refractivity contribution is 0.0342. The summed E-state index contributed by atoms with van der Waals surface area (Å²) in [5, 5.41) is 3.70. The molecule has 5 heteroatoms. The Bertz CT molecular complexity index is 930. The average molecular weight is 451 g/mol. The van der Waals surface area contributed by atoms with Crippen LogP contribution in [0.25, 0.3) is 0 Å². The van der Waals surface area contributed by atoms with Gasteiger partial charge in [0.1, 0.15) is 11.5 Å². The number of carbonyl (C=O) groups is 1. The van der Waals surface area contributed by atoms with E-state index in [0.717, 1.165) is 62.8 Å². The zero-order valence-electron chi connectivity index (χ0n) is 20.5. The van der Waals surface area contributed by atoms with Crippen LogP contribution in [0.5, 0.6) is 11.5 Å². The first-order valence-corrected chi connectivity index (χ1v) is 12.2. The summed E-state index contributed by atoms with van der Waals surface area (Å²) < 4.78 is 11.5. The SMILES string of the molecule is CC1(C)CC(CC(=O)c2ccc(Oc3cccc(CN4CCOCC4)c3)cc2)CC(C)(C)N1. The molecule has 2 saturated heterocycles. The Kier molecular flexibility index (Phi) is 7.22. The maximum Gasteiger partial charge on any atom is 0.163 e. The van der Waals surface area contributed by atoms with Gasteiger partial charge in [0.2, 0.25) is 0 Å². The second-order valence-electron chi connectivity index (χ2n) is 11.0. The Morgan fingerprint density at radius 1 is 1.00 bits per heavy atom. The molecule has 178 valence electrons. The third-order valence-corrected chi connectivity index (χ3v) is 6.57. The lowest BCUT2D eigenvalue weighted by Gasteiger charge is -2.46. The molecule has 1 N–H and O–H groups in total. The van der Waals surface area contributed by atoms with Crippen molar-refractivity contribution in [1.82, 2.24) is 10.2 Å². The van der Waals surface area contributed by atoms with Crippen molar-refractivity contribution in [3.05, 3.63) is 59.7 Å². The summed E-state index contributed by atoms with van der Waals surface area (Å²) in [5.41, 5.74) is 2.10. The zero-order valence-corrected chi connectivity index (χ0v) is 20.5. The molecule has 0 radical (unpaired) electrons. The highest BCUT2D eigenvalue weighted by Gasteiger charge is 2.38. The molecule has 33 heavy (non-hydrogen) atoms. The molecule has 2 heterocycles. The van der Waals surface area contributed by atoms with E-state index in [2.05, 4.69) is 50.0 Å². The zero-order chi connectivity index (χ0) is 23.5. The Balaban J connectivity index is 1.34. The van der Waals surface area contributed by atoms with E-state index in [1.807, 2.05) is 36.4 Å². The topological polar surface area (TPSA) is 50.8 Å². The number of ether oxygens (including phenoxy) is 2. The van der Waals surface area contributed by atoms with Gasteiger partial charge in [-0.15, -0.1) is 0 Å². The highest BCUT2D eigenvalue weighted by Crippen LogP contribution is 2.35. The number of nitrogens with zero attached hydrogens (tertiary/aromatic N) is 1. The van der Waals surface area contributed by atoms with Gasteiger partial charge in [0.25, 0.3) is 0 Å². The predicted octanol–water partition coefficient (Wildman–Crippen LogP) is 5.44. The third-order valence-electron chi connectivity index (χ3n) is 6.57. The number of ketones is 1. The van der Waals surface area contributed by atoms with E-state index in [1.54, 1.807) is 0 Å². The van der Waals surface area contributed by atoms with Crippen LogP contribution in [0.15, 0.2) is 48.5 Å². The van der Waals surface area contributed by atoms with Crippen LogP contribution in [0.2, 0.25) is 0 Å². The van der Waals surface area contributed by atoms with Crippen LogP contribution in [-0.2, 0) is 11.3 Å². The first kappa shape index (κ1) is 23.9. The first-order chi connectivity index (χ1) is 15.7. The molecular formula is C28H38N2O3. The van der Waals surface area contributed by atoms with Crippen molar-refractivity contribution >= 4 is 5.78 Å². The molecule has 5 nitrogen and oxygen atoms in total. The standard InChI is InChI=1S/C28H38N2O3/c1-27(2)18-22(19-28(3,4)29-27)17-26(31)23-8-10-24(11-9-23)33-25-7-5-6-21(16-25)20-30-12-14-32-15-13-30/h5-11,16,22,29H,12-15,17-20H2,1-4H3. The summed E-state index contributed by atoms with van der Waals surface area (Å²) in [6.07, 6.45) is 2.63. The molecule has 2 aromatic rings. The predicted molar refractivity (Wildman–Crippen MR) is 132 cm³/mol. The Morgan fingerprint density at radius 2 is 1.67 bits per heavy atom. The van der Waals surface area contributed by atoms with E-state index in [4.69, 9.17) is 9.47 Å². The van der Waals surface area contributed by atoms with Gasteiger partial charge < -0.3 is 14.8 Å². The summed E-state index contributed by atoms with van der Waals surface area (Å²) in [5.74, 6) is 2.18. The van der Waals surface area contributed by atoms with Crippen LogP contribution in [0.4, 0.5) is 0 Å². The fourth-order valence-electron chi connectivity index (χ4n) is 5.63. The summed E-state index contributed by atoms with van der Waals surface area (Å²) in [6.45, 7) is 13.4. The first-order valence-electron chi connectivity index (χ1n) is 12.2. The third kappa shape index (κ3) is 6.89. The van der Waals surface area contributed by atoms with Gasteiger partial charge in [0.05, 0.1) is 13.2 Å². The van der Waals surface area contributed by atoms with E-state index in [0.29, 0.717) is 12.3 Å². The van der Waals surface area contributed by atoms with Gasteiger partial charge in [-0.2, -0.15) is 0 Å². The fourth-order valence-corrected chi connectivity index (χ4v) is 5.63. The molecular weight excluding hydrogens is 412 g/mol. The number of piperidine rings is 1. The second-order valence-corrected chi connectivity index (χ2v) is 11.0. The highest BCUT2D eigenvalue weighted by atomic mass is 16.5. The fraction of sp³-hybridized carbons (Fsp3) is 0.536. The number of nitrogens with one attached hydrogen (secondary N) is 1.